The summed E-state index contributed by atoms with van der Waals surface area (Å²) in [4.78, 5) is -0.330. The minimum Gasteiger partial charge on any atom is -0.487 e. The lowest BCUT2D eigenvalue weighted by atomic mass is 10.2. The van der Waals surface area contributed by atoms with E-state index in [1.54, 1.807) is 0 Å². The van der Waals surface area contributed by atoms with Gasteiger partial charge in [0.1, 0.15) is 17.3 Å². The van der Waals surface area contributed by atoms with Crippen LogP contribution in [0.3, 0.4) is 0 Å². The molecule has 0 spiro atoms. The summed E-state index contributed by atoms with van der Waals surface area (Å²) in [6, 6.07) is 13.4. The number of hydrogen-bond donors (Lipinski definition) is 2. The molecule has 0 aliphatic carbocycles. The molecule has 0 aliphatic rings. The van der Waals surface area contributed by atoms with Gasteiger partial charge in [-0.05, 0) is 23.8 Å². The second kappa shape index (κ2) is 5.29. The van der Waals surface area contributed by atoms with Gasteiger partial charge in [-0.25, -0.2) is 0 Å². The zero-order valence-electron chi connectivity index (χ0n) is 9.98. The first-order valence-electron chi connectivity index (χ1n) is 5.50. The van der Waals surface area contributed by atoms with E-state index in [4.69, 9.17) is 15.0 Å². The fourth-order valence-corrected chi connectivity index (χ4v) is 2.25. The third-order valence-electron chi connectivity index (χ3n) is 2.48. The second-order valence-corrected chi connectivity index (χ2v) is 5.35. The molecule has 0 unspecified atom stereocenters. The predicted octanol–water partition coefficient (Wildman–Crippen LogP) is 2.09. The minimum absolute atomic E-state index is 0.0700. The Labute approximate surface area is 111 Å². The average molecular weight is 279 g/mol. The summed E-state index contributed by atoms with van der Waals surface area (Å²) in [5, 5.41) is 0. The van der Waals surface area contributed by atoms with E-state index in [0.29, 0.717) is 0 Å². The Bertz CT molecular complexity index is 668. The molecule has 0 aromatic heterocycles. The van der Waals surface area contributed by atoms with Crippen LogP contribution in [0.4, 0.5) is 5.69 Å². The van der Waals surface area contributed by atoms with Crippen LogP contribution >= 0.6 is 0 Å². The Morgan fingerprint density at radius 2 is 1.79 bits per heavy atom. The molecule has 5 nitrogen and oxygen atoms in total. The molecule has 100 valence electrons. The van der Waals surface area contributed by atoms with E-state index in [2.05, 4.69) is 0 Å². The van der Waals surface area contributed by atoms with Gasteiger partial charge in [0.25, 0.3) is 10.1 Å². The van der Waals surface area contributed by atoms with Gasteiger partial charge < -0.3 is 10.5 Å². The predicted molar refractivity (Wildman–Crippen MR) is 71.4 cm³/mol. The van der Waals surface area contributed by atoms with Crippen LogP contribution in [0.15, 0.2) is 53.4 Å². The molecular weight excluding hydrogens is 266 g/mol. The number of ether oxygens (including phenoxy) is 1. The van der Waals surface area contributed by atoms with Crippen LogP contribution in [0.1, 0.15) is 5.56 Å². The highest BCUT2D eigenvalue weighted by Crippen LogP contribution is 2.26. The maximum Gasteiger partial charge on any atom is 0.298 e. The molecule has 0 saturated heterocycles. The highest BCUT2D eigenvalue weighted by molar-refractivity contribution is 7.86. The first-order valence-corrected chi connectivity index (χ1v) is 6.94. The molecule has 0 saturated carbocycles. The van der Waals surface area contributed by atoms with Crippen LogP contribution in [0.25, 0.3) is 0 Å². The van der Waals surface area contributed by atoms with E-state index in [9.17, 15) is 8.42 Å². The van der Waals surface area contributed by atoms with E-state index < -0.39 is 10.1 Å². The zero-order chi connectivity index (χ0) is 13.9. The lowest BCUT2D eigenvalue weighted by molar-refractivity contribution is 0.296. The normalized spacial score (nSPS) is 11.2. The third kappa shape index (κ3) is 3.46. The molecule has 0 heterocycles. The van der Waals surface area contributed by atoms with Crippen LogP contribution in [0.2, 0.25) is 0 Å². The highest BCUT2D eigenvalue weighted by atomic mass is 32.2. The van der Waals surface area contributed by atoms with Gasteiger partial charge in [-0.3, -0.25) is 4.55 Å². The van der Waals surface area contributed by atoms with Gasteiger partial charge in [-0.1, -0.05) is 30.3 Å². The number of anilines is 1. The van der Waals surface area contributed by atoms with Crippen molar-refractivity contribution in [2.75, 3.05) is 5.73 Å². The molecule has 0 amide bonds. The highest BCUT2D eigenvalue weighted by Gasteiger charge is 2.17. The topological polar surface area (TPSA) is 89.6 Å². The van der Waals surface area contributed by atoms with Crippen LogP contribution < -0.4 is 10.5 Å². The van der Waals surface area contributed by atoms with Crippen LogP contribution in [-0.4, -0.2) is 13.0 Å². The molecule has 0 atom stereocenters. The van der Waals surface area contributed by atoms with Crippen molar-refractivity contribution in [3.63, 3.8) is 0 Å². The Kier molecular flexibility index (Phi) is 3.73. The molecular formula is C13H13NO4S. The van der Waals surface area contributed by atoms with Crippen LogP contribution in [0, 0.1) is 0 Å². The summed E-state index contributed by atoms with van der Waals surface area (Å²) in [5.41, 5.74) is 6.63. The minimum atomic E-state index is -4.37. The smallest absolute Gasteiger partial charge is 0.298 e. The third-order valence-corrected chi connectivity index (χ3v) is 3.36. The van der Waals surface area contributed by atoms with E-state index in [1.807, 2.05) is 30.3 Å². The fraction of sp³-hybridized carbons (Fsp3) is 0.0769. The van der Waals surface area contributed by atoms with Gasteiger partial charge in [0.2, 0.25) is 0 Å². The summed E-state index contributed by atoms with van der Waals surface area (Å²) in [7, 11) is -4.37. The van der Waals surface area contributed by atoms with Gasteiger partial charge >= 0.3 is 0 Å². The molecule has 2 rings (SSSR count). The Morgan fingerprint density at radius 1 is 1.11 bits per heavy atom. The number of nitrogen functional groups attached to an aromatic ring is 1. The van der Waals surface area contributed by atoms with Gasteiger partial charge in [0.15, 0.2) is 0 Å². The Balaban J connectivity index is 2.26. The Morgan fingerprint density at radius 3 is 2.42 bits per heavy atom. The molecule has 2 aromatic rings. The molecule has 3 N–H and O–H groups in total. The molecule has 0 aliphatic heterocycles. The van der Waals surface area contributed by atoms with Crippen molar-refractivity contribution in [2.45, 2.75) is 11.5 Å². The SMILES string of the molecule is Nc1ccc(OCc2ccccc2)c(S(=O)(=O)O)c1. The van der Waals surface area contributed by atoms with Crippen molar-refractivity contribution >= 4 is 15.8 Å². The lowest BCUT2D eigenvalue weighted by Gasteiger charge is -2.10. The van der Waals surface area contributed by atoms with Crippen LogP contribution in [-0.2, 0) is 16.7 Å². The van der Waals surface area contributed by atoms with Crippen molar-refractivity contribution < 1.29 is 17.7 Å². The summed E-state index contributed by atoms with van der Waals surface area (Å²) in [6.07, 6.45) is 0. The van der Waals surface area contributed by atoms with Crippen molar-refractivity contribution in [3.05, 3.63) is 54.1 Å². The van der Waals surface area contributed by atoms with Crippen LogP contribution in [0.5, 0.6) is 5.75 Å². The molecule has 0 bridgehead atoms. The monoisotopic (exact) mass is 279 g/mol. The first-order chi connectivity index (χ1) is 8.97. The number of benzene rings is 2. The van der Waals surface area contributed by atoms with Crippen molar-refractivity contribution in [1.29, 1.82) is 0 Å². The zero-order valence-corrected chi connectivity index (χ0v) is 10.8. The second-order valence-electron chi connectivity index (χ2n) is 3.96. The number of hydrogen-bond acceptors (Lipinski definition) is 4. The maximum absolute atomic E-state index is 11.2. The van der Waals surface area contributed by atoms with E-state index >= 15 is 0 Å². The van der Waals surface area contributed by atoms with Crippen molar-refractivity contribution in [2.24, 2.45) is 0 Å². The fourth-order valence-electron chi connectivity index (χ4n) is 1.58. The summed E-state index contributed by atoms with van der Waals surface area (Å²) >= 11 is 0. The van der Waals surface area contributed by atoms with Crippen molar-refractivity contribution in [1.82, 2.24) is 0 Å². The maximum atomic E-state index is 11.2. The number of nitrogens with two attached hydrogens (primary N) is 1. The van der Waals surface area contributed by atoms with E-state index in [1.165, 1.54) is 12.1 Å². The number of rotatable bonds is 4. The largest absolute Gasteiger partial charge is 0.487 e. The molecule has 0 radical (unpaired) electrons. The lowest BCUT2D eigenvalue weighted by Crippen LogP contribution is -2.04. The quantitative estimate of drug-likeness (QED) is 0.660. The average Bonchev–Trinajstić information content (AvgIpc) is 2.37. The molecule has 6 heteroatoms. The van der Waals surface area contributed by atoms with Gasteiger partial charge in [-0.2, -0.15) is 8.42 Å². The summed E-state index contributed by atoms with van der Waals surface area (Å²) in [6.45, 7) is 0.202. The molecule has 2 aromatic carbocycles. The van der Waals surface area contributed by atoms with E-state index in [-0.39, 0.29) is 22.9 Å². The Hall–Kier alpha value is -2.05. The standard InChI is InChI=1S/C13H13NO4S/c14-11-6-7-12(13(8-11)19(15,16)17)18-9-10-4-2-1-3-5-10/h1-8H,9,14H2,(H,15,16,17). The van der Waals surface area contributed by atoms with Gasteiger partial charge in [0, 0.05) is 5.69 Å². The van der Waals surface area contributed by atoms with Gasteiger partial charge in [-0.15, -0.1) is 0 Å². The molecule has 19 heavy (non-hydrogen) atoms. The van der Waals surface area contributed by atoms with Gasteiger partial charge in [0.05, 0.1) is 0 Å². The summed E-state index contributed by atoms with van der Waals surface area (Å²) in [5.74, 6) is 0.0700. The summed E-state index contributed by atoms with van der Waals surface area (Å²) < 4.78 is 37.0. The van der Waals surface area contributed by atoms with E-state index in [0.717, 1.165) is 11.6 Å². The first kappa shape index (κ1) is 13.4. The molecule has 0 fully saturated rings. The van der Waals surface area contributed by atoms with Crippen molar-refractivity contribution in [3.8, 4) is 5.75 Å².